The van der Waals surface area contributed by atoms with Gasteiger partial charge in [-0.25, -0.2) is 0 Å². The molecule has 1 atom stereocenters. The minimum Gasteiger partial charge on any atom is -0.379 e. The normalized spacial score (nSPS) is 22.3. The number of amides is 1. The number of rotatable bonds is 6. The van der Waals surface area contributed by atoms with Gasteiger partial charge in [-0.05, 0) is 11.6 Å². The summed E-state index contributed by atoms with van der Waals surface area (Å²) in [4.78, 5) is 16.5. The highest BCUT2D eigenvalue weighted by Gasteiger charge is 2.29. The molecule has 0 spiro atoms. The molecule has 1 aromatic rings. The molecule has 3 rings (SSSR count). The Morgan fingerprint density at radius 2 is 2.00 bits per heavy atom. The minimum atomic E-state index is 0.164. The van der Waals surface area contributed by atoms with Gasteiger partial charge < -0.3 is 15.0 Å². The topological polar surface area (TPSA) is 44.8 Å². The third-order valence-electron chi connectivity index (χ3n) is 4.62. The zero-order valence-corrected chi connectivity index (χ0v) is 15.2. The molecule has 24 heavy (non-hydrogen) atoms. The van der Waals surface area contributed by atoms with Crippen molar-refractivity contribution in [3.8, 4) is 0 Å². The predicted molar refractivity (Wildman–Crippen MR) is 95.5 cm³/mol. The van der Waals surface area contributed by atoms with E-state index in [0.29, 0.717) is 23.0 Å². The Morgan fingerprint density at radius 1 is 1.21 bits per heavy atom. The van der Waals surface area contributed by atoms with E-state index in [-0.39, 0.29) is 11.9 Å². The van der Waals surface area contributed by atoms with E-state index in [2.05, 4.69) is 10.2 Å². The largest absolute Gasteiger partial charge is 0.379 e. The smallest absolute Gasteiger partial charge is 0.224 e. The number of benzene rings is 1. The lowest BCUT2D eigenvalue weighted by Crippen LogP contribution is -2.42. The lowest BCUT2D eigenvalue weighted by Gasteiger charge is -2.28. The Labute approximate surface area is 152 Å². The molecule has 0 saturated carbocycles. The summed E-state index contributed by atoms with van der Waals surface area (Å²) in [6.07, 6.45) is 0.543. The molecular formula is C17H23Cl2N3O2. The maximum absolute atomic E-state index is 12.2. The quantitative estimate of drug-likeness (QED) is 0.830. The third-order valence-corrected chi connectivity index (χ3v) is 5.48. The number of carbonyl (C=O) groups is 1. The number of halogens is 2. The second kappa shape index (κ2) is 8.50. The van der Waals surface area contributed by atoms with Crippen LogP contribution in [0.3, 0.4) is 0 Å². The van der Waals surface area contributed by atoms with Gasteiger partial charge in [0, 0.05) is 51.7 Å². The SMILES string of the molecule is O=C1CC(NCc2cccc(Cl)c2Cl)CN1CCN1CCOCC1. The van der Waals surface area contributed by atoms with E-state index < -0.39 is 0 Å². The van der Waals surface area contributed by atoms with Crippen LogP contribution in [0.5, 0.6) is 0 Å². The molecule has 2 heterocycles. The van der Waals surface area contributed by atoms with Crippen molar-refractivity contribution in [3.05, 3.63) is 33.8 Å². The Bertz CT molecular complexity index is 579. The maximum atomic E-state index is 12.2. The molecule has 1 N–H and O–H groups in total. The zero-order chi connectivity index (χ0) is 16.9. The average Bonchev–Trinajstić information content (AvgIpc) is 2.95. The first-order valence-electron chi connectivity index (χ1n) is 8.37. The summed E-state index contributed by atoms with van der Waals surface area (Å²) in [5.41, 5.74) is 0.961. The second-order valence-corrected chi connectivity index (χ2v) is 7.07. The van der Waals surface area contributed by atoms with Crippen molar-refractivity contribution in [1.29, 1.82) is 0 Å². The number of ether oxygens (including phenoxy) is 1. The molecule has 2 saturated heterocycles. The third kappa shape index (κ3) is 4.61. The number of morpholine rings is 1. The van der Waals surface area contributed by atoms with Crippen LogP contribution in [0.15, 0.2) is 18.2 Å². The highest BCUT2D eigenvalue weighted by atomic mass is 35.5. The number of nitrogens with zero attached hydrogens (tertiary/aromatic N) is 2. The molecular weight excluding hydrogens is 349 g/mol. The standard InChI is InChI=1S/C17H23Cl2N3O2/c18-15-3-1-2-13(17(15)19)11-20-14-10-16(23)22(12-14)5-4-21-6-8-24-9-7-21/h1-3,14,20H,4-12H2. The van der Waals surface area contributed by atoms with Crippen LogP contribution >= 0.6 is 23.2 Å². The van der Waals surface area contributed by atoms with E-state index >= 15 is 0 Å². The summed E-state index contributed by atoms with van der Waals surface area (Å²) in [6, 6.07) is 5.78. The number of nitrogens with one attached hydrogen (secondary N) is 1. The summed E-state index contributed by atoms with van der Waals surface area (Å²) >= 11 is 12.2. The summed E-state index contributed by atoms with van der Waals surface area (Å²) in [5.74, 6) is 0.220. The molecule has 2 aliphatic heterocycles. The van der Waals surface area contributed by atoms with Gasteiger partial charge >= 0.3 is 0 Å². The molecule has 5 nitrogen and oxygen atoms in total. The van der Waals surface area contributed by atoms with Crippen molar-refractivity contribution in [1.82, 2.24) is 15.1 Å². The van der Waals surface area contributed by atoms with Crippen LogP contribution in [0.25, 0.3) is 0 Å². The van der Waals surface area contributed by atoms with Crippen molar-refractivity contribution in [3.63, 3.8) is 0 Å². The molecule has 7 heteroatoms. The van der Waals surface area contributed by atoms with Crippen molar-refractivity contribution >= 4 is 29.1 Å². The minimum absolute atomic E-state index is 0.164. The summed E-state index contributed by atoms with van der Waals surface area (Å²) in [5, 5.41) is 4.57. The van der Waals surface area contributed by atoms with E-state index in [1.807, 2.05) is 17.0 Å². The molecule has 1 amide bonds. The van der Waals surface area contributed by atoms with Gasteiger partial charge in [0.05, 0.1) is 23.3 Å². The Balaban J connectivity index is 1.45. The van der Waals surface area contributed by atoms with E-state index in [1.165, 1.54) is 0 Å². The molecule has 0 aromatic heterocycles. The van der Waals surface area contributed by atoms with Gasteiger partial charge in [-0.1, -0.05) is 35.3 Å². The Hall–Kier alpha value is -0.850. The zero-order valence-electron chi connectivity index (χ0n) is 13.6. The number of carbonyl (C=O) groups excluding carboxylic acids is 1. The van der Waals surface area contributed by atoms with Gasteiger partial charge in [-0.3, -0.25) is 9.69 Å². The van der Waals surface area contributed by atoms with Crippen molar-refractivity contribution in [2.75, 3.05) is 45.9 Å². The van der Waals surface area contributed by atoms with Crippen molar-refractivity contribution in [2.45, 2.75) is 19.0 Å². The van der Waals surface area contributed by atoms with E-state index in [1.54, 1.807) is 6.07 Å². The Morgan fingerprint density at radius 3 is 2.79 bits per heavy atom. The molecule has 132 valence electrons. The van der Waals surface area contributed by atoms with Crippen molar-refractivity contribution < 1.29 is 9.53 Å². The fourth-order valence-corrected chi connectivity index (χ4v) is 3.54. The summed E-state index contributed by atoms with van der Waals surface area (Å²) in [7, 11) is 0. The average molecular weight is 372 g/mol. The first-order chi connectivity index (χ1) is 11.6. The molecule has 1 aromatic carbocycles. The van der Waals surface area contributed by atoms with E-state index in [4.69, 9.17) is 27.9 Å². The molecule has 0 radical (unpaired) electrons. The monoisotopic (exact) mass is 371 g/mol. The molecule has 2 aliphatic rings. The number of hydrogen-bond acceptors (Lipinski definition) is 4. The van der Waals surface area contributed by atoms with E-state index in [9.17, 15) is 4.79 Å². The van der Waals surface area contributed by atoms with Gasteiger partial charge in [0.25, 0.3) is 0 Å². The lowest BCUT2D eigenvalue weighted by molar-refractivity contribution is -0.128. The fraction of sp³-hybridized carbons (Fsp3) is 0.588. The van der Waals surface area contributed by atoms with Gasteiger partial charge in [-0.15, -0.1) is 0 Å². The number of hydrogen-bond donors (Lipinski definition) is 1. The van der Waals surface area contributed by atoms with Gasteiger partial charge in [0.15, 0.2) is 0 Å². The Kier molecular flexibility index (Phi) is 6.36. The van der Waals surface area contributed by atoms with Gasteiger partial charge in [-0.2, -0.15) is 0 Å². The molecule has 2 fully saturated rings. The first-order valence-corrected chi connectivity index (χ1v) is 9.13. The van der Waals surface area contributed by atoms with Gasteiger partial charge in [0.2, 0.25) is 5.91 Å². The van der Waals surface area contributed by atoms with Gasteiger partial charge in [0.1, 0.15) is 0 Å². The highest BCUT2D eigenvalue weighted by Crippen LogP contribution is 2.25. The summed E-state index contributed by atoms with van der Waals surface area (Å²) < 4.78 is 5.35. The van der Waals surface area contributed by atoms with Crippen LogP contribution in [-0.2, 0) is 16.1 Å². The fourth-order valence-electron chi connectivity index (χ4n) is 3.15. The van der Waals surface area contributed by atoms with Crippen LogP contribution in [0, 0.1) is 0 Å². The molecule has 0 aliphatic carbocycles. The number of likely N-dealkylation sites (tertiary alicyclic amines) is 1. The van der Waals surface area contributed by atoms with Crippen LogP contribution in [0.1, 0.15) is 12.0 Å². The first kappa shape index (κ1) is 18.0. The van der Waals surface area contributed by atoms with Crippen LogP contribution in [0.2, 0.25) is 10.0 Å². The van der Waals surface area contributed by atoms with Crippen LogP contribution in [0.4, 0.5) is 0 Å². The van der Waals surface area contributed by atoms with E-state index in [0.717, 1.165) is 51.5 Å². The van der Waals surface area contributed by atoms with Crippen LogP contribution in [-0.4, -0.2) is 67.7 Å². The van der Waals surface area contributed by atoms with Crippen molar-refractivity contribution in [2.24, 2.45) is 0 Å². The predicted octanol–water partition coefficient (Wildman–Crippen LogP) is 2.02. The molecule has 0 bridgehead atoms. The molecule has 1 unspecified atom stereocenters. The summed E-state index contributed by atoms with van der Waals surface area (Å²) in [6.45, 7) is 6.57. The maximum Gasteiger partial charge on any atom is 0.224 e. The van der Waals surface area contributed by atoms with Crippen LogP contribution < -0.4 is 5.32 Å². The lowest BCUT2D eigenvalue weighted by atomic mass is 10.2. The highest BCUT2D eigenvalue weighted by molar-refractivity contribution is 6.42. The second-order valence-electron chi connectivity index (χ2n) is 6.29.